The minimum atomic E-state index is -2.90. The zero-order valence-electron chi connectivity index (χ0n) is 29.8. The predicted octanol–water partition coefficient (Wildman–Crippen LogP) is 7.25. The number of carbonyl (C=O) groups is 2. The van der Waals surface area contributed by atoms with Crippen LogP contribution in [0.15, 0.2) is 36.4 Å². The van der Waals surface area contributed by atoms with E-state index in [0.717, 1.165) is 42.6 Å². The number of ether oxygens (including phenoxy) is 5. The van der Waals surface area contributed by atoms with Crippen molar-refractivity contribution in [1.29, 1.82) is 0 Å². The molecule has 2 aromatic rings. The number of anilines is 1. The molecule has 1 atom stereocenters. The van der Waals surface area contributed by atoms with Gasteiger partial charge in [0.15, 0.2) is 0 Å². The predicted molar refractivity (Wildman–Crippen MR) is 205 cm³/mol. The summed E-state index contributed by atoms with van der Waals surface area (Å²) in [4.78, 5) is 27.0. The summed E-state index contributed by atoms with van der Waals surface area (Å²) in [6.45, 7) is 12.9. The number of halogens is 1. The summed E-state index contributed by atoms with van der Waals surface area (Å²) >= 11 is 2.04. The first kappa shape index (κ1) is 40.6. The number of fused-ring (bicyclic) bond motifs is 1. The molecule has 0 aliphatic carbocycles. The standard InChI is InChI=1S/C36H47IN2O10SSi/c1-36(2)47-25-28-22-27(13-14-31(28)49-36)32-24-38(34(42)48-32)15-9-6-7-10-16-45-17-11-8-12-26-20-29(37)23-30(21-26)39(33(40)41)35(50(43)44)46-18-19-51(3,4)5/h13-14,20-23,32H,6-7,9-11,15-19,24-25H2,1-5H3,(H,40,41)/t32-/m0/s1. The Labute approximate surface area is 316 Å². The third-order valence-electron chi connectivity index (χ3n) is 8.08. The maximum Gasteiger partial charge on any atom is 0.418 e. The lowest BCUT2D eigenvalue weighted by Gasteiger charge is -2.32. The summed E-state index contributed by atoms with van der Waals surface area (Å²) in [5, 5.41) is 9.23. The summed E-state index contributed by atoms with van der Waals surface area (Å²) < 4.78 is 53.1. The van der Waals surface area contributed by atoms with E-state index in [1.54, 1.807) is 17.0 Å². The van der Waals surface area contributed by atoms with Gasteiger partial charge in [0, 0.05) is 56.2 Å². The van der Waals surface area contributed by atoms with E-state index in [1.165, 1.54) is 6.07 Å². The van der Waals surface area contributed by atoms with Crippen LogP contribution in [0.2, 0.25) is 25.7 Å². The number of carboxylic acid groups (broad SMARTS) is 1. The Morgan fingerprint density at radius 3 is 2.59 bits per heavy atom. The van der Waals surface area contributed by atoms with Crippen LogP contribution in [-0.2, 0) is 35.8 Å². The highest BCUT2D eigenvalue weighted by molar-refractivity contribution is 14.1. The van der Waals surface area contributed by atoms with Crippen LogP contribution in [0.3, 0.4) is 0 Å². The largest absolute Gasteiger partial charge is 0.464 e. The van der Waals surface area contributed by atoms with Gasteiger partial charge in [-0.3, -0.25) is 0 Å². The molecule has 2 aliphatic rings. The lowest BCUT2D eigenvalue weighted by atomic mass is 10.0. The third kappa shape index (κ3) is 12.8. The average Bonchev–Trinajstić information content (AvgIpc) is 3.41. The molecule has 2 aliphatic heterocycles. The number of cyclic esters (lactones) is 1. The van der Waals surface area contributed by atoms with Crippen LogP contribution < -0.4 is 9.64 Å². The zero-order chi connectivity index (χ0) is 37.2. The molecule has 0 saturated carbocycles. The molecule has 4 rings (SSSR count). The molecule has 1 N–H and O–H groups in total. The van der Waals surface area contributed by atoms with Crippen molar-refractivity contribution in [2.45, 2.75) is 90.1 Å². The Bertz CT molecular complexity index is 1760. The Hall–Kier alpha value is -3.14. The minimum Gasteiger partial charge on any atom is -0.464 e. The molecule has 1 saturated heterocycles. The summed E-state index contributed by atoms with van der Waals surface area (Å²) in [5.41, 5.74) is 2.57. The van der Waals surface area contributed by atoms with Crippen LogP contribution in [0, 0.1) is 15.4 Å². The van der Waals surface area contributed by atoms with Crippen molar-refractivity contribution < 1.29 is 46.8 Å². The minimum absolute atomic E-state index is 0.109. The molecule has 0 aromatic heterocycles. The van der Waals surface area contributed by atoms with Gasteiger partial charge in [-0.15, -0.1) is 0 Å². The van der Waals surface area contributed by atoms with Gasteiger partial charge in [0.1, 0.15) is 11.9 Å². The van der Waals surface area contributed by atoms with Crippen molar-refractivity contribution in [3.05, 3.63) is 56.7 Å². The zero-order valence-corrected chi connectivity index (χ0v) is 33.8. The maximum atomic E-state index is 12.5. The van der Waals surface area contributed by atoms with Gasteiger partial charge in [0.05, 0.1) is 32.1 Å². The van der Waals surface area contributed by atoms with Crippen LogP contribution >= 0.6 is 22.6 Å². The molecule has 51 heavy (non-hydrogen) atoms. The van der Waals surface area contributed by atoms with Gasteiger partial charge in [0.25, 0.3) is 15.5 Å². The van der Waals surface area contributed by atoms with E-state index in [9.17, 15) is 23.1 Å². The van der Waals surface area contributed by atoms with Crippen molar-refractivity contribution >= 4 is 64.0 Å². The quantitative estimate of drug-likeness (QED) is 0.0679. The molecule has 2 aromatic carbocycles. The van der Waals surface area contributed by atoms with Crippen molar-refractivity contribution in [1.82, 2.24) is 4.90 Å². The first-order chi connectivity index (χ1) is 24.1. The van der Waals surface area contributed by atoms with Gasteiger partial charge in [-0.2, -0.15) is 8.42 Å². The number of rotatable bonds is 14. The van der Waals surface area contributed by atoms with Gasteiger partial charge in [0.2, 0.25) is 5.79 Å². The molecular weight excluding hydrogens is 807 g/mol. The van der Waals surface area contributed by atoms with Gasteiger partial charge in [-0.1, -0.05) is 50.4 Å². The lowest BCUT2D eigenvalue weighted by Crippen LogP contribution is -2.39. The fourth-order valence-electron chi connectivity index (χ4n) is 5.37. The first-order valence-electron chi connectivity index (χ1n) is 17.0. The van der Waals surface area contributed by atoms with Crippen molar-refractivity contribution in [3.63, 3.8) is 0 Å². The SMILES string of the molecule is CC1(C)OCc2cc([C@@H]3CN(CCCCCCOCCC#Cc4cc(I)cc(N(C(=O)O)C(OCC[Si](C)(C)C)=S(=O)=O)c4)C(=O)O3)ccc2O1. The normalized spacial score (nSPS) is 16.4. The summed E-state index contributed by atoms with van der Waals surface area (Å²) in [6.07, 6.45) is 2.10. The number of hydrogen-bond donors (Lipinski definition) is 1. The number of unbranched alkanes of at least 4 members (excludes halogenated alkanes) is 3. The van der Waals surface area contributed by atoms with E-state index in [0.29, 0.717) is 59.4 Å². The Balaban J connectivity index is 1.15. The molecule has 12 nitrogen and oxygen atoms in total. The fraction of sp³-hybridized carbons (Fsp3) is 0.528. The van der Waals surface area contributed by atoms with Gasteiger partial charge < -0.3 is 33.7 Å². The molecule has 2 amide bonds. The third-order valence-corrected chi connectivity index (χ3v) is 11.0. The fourth-order valence-corrected chi connectivity index (χ4v) is 7.25. The Morgan fingerprint density at radius 2 is 1.86 bits per heavy atom. The second-order valence-electron chi connectivity index (χ2n) is 14.0. The molecule has 0 spiro atoms. The molecule has 0 unspecified atom stereocenters. The average molecular weight is 855 g/mol. The highest BCUT2D eigenvalue weighted by atomic mass is 127. The monoisotopic (exact) mass is 854 g/mol. The topological polar surface area (TPSA) is 141 Å². The summed E-state index contributed by atoms with van der Waals surface area (Å²) in [6, 6.07) is 11.4. The van der Waals surface area contributed by atoms with Crippen molar-refractivity contribution in [3.8, 4) is 17.6 Å². The van der Waals surface area contributed by atoms with Crippen LogP contribution in [0.25, 0.3) is 0 Å². The molecule has 0 radical (unpaired) electrons. The summed E-state index contributed by atoms with van der Waals surface area (Å²) in [7, 11) is -4.43. The highest BCUT2D eigenvalue weighted by Crippen LogP contribution is 2.35. The van der Waals surface area contributed by atoms with E-state index >= 15 is 0 Å². The van der Waals surface area contributed by atoms with Gasteiger partial charge in [-0.05, 0) is 77.4 Å². The van der Waals surface area contributed by atoms with Crippen LogP contribution in [-0.4, -0.2) is 82.6 Å². The van der Waals surface area contributed by atoms with E-state index in [4.69, 9.17) is 23.7 Å². The van der Waals surface area contributed by atoms with Crippen molar-refractivity contribution in [2.24, 2.45) is 0 Å². The van der Waals surface area contributed by atoms with Crippen LogP contribution in [0.5, 0.6) is 5.75 Å². The van der Waals surface area contributed by atoms with Gasteiger partial charge >= 0.3 is 12.2 Å². The Morgan fingerprint density at radius 1 is 1.10 bits per heavy atom. The molecule has 2 heterocycles. The number of amides is 2. The van der Waals surface area contributed by atoms with Crippen LogP contribution in [0.4, 0.5) is 15.3 Å². The van der Waals surface area contributed by atoms with E-state index in [2.05, 4.69) is 31.5 Å². The first-order valence-corrected chi connectivity index (χ1v) is 22.9. The van der Waals surface area contributed by atoms with E-state index < -0.39 is 35.4 Å². The van der Waals surface area contributed by atoms with Gasteiger partial charge in [-0.25, -0.2) is 14.5 Å². The van der Waals surface area contributed by atoms with E-state index in [-0.39, 0.29) is 24.5 Å². The molecule has 278 valence electrons. The van der Waals surface area contributed by atoms with E-state index in [1.807, 2.05) is 54.6 Å². The number of carbonyl (C=O) groups excluding carboxylic acids is 1. The molecule has 0 bridgehead atoms. The van der Waals surface area contributed by atoms with Crippen molar-refractivity contribution in [2.75, 3.05) is 37.8 Å². The molecule has 1 fully saturated rings. The number of nitrogens with zero attached hydrogens (tertiary/aromatic N) is 2. The second kappa shape index (κ2) is 18.6. The smallest absolute Gasteiger partial charge is 0.418 e. The molecule has 15 heteroatoms. The second-order valence-corrected chi connectivity index (χ2v) is 21.7. The maximum absolute atomic E-state index is 12.5. The Kier molecular flexibility index (Phi) is 14.8. The summed E-state index contributed by atoms with van der Waals surface area (Å²) in [5.74, 6) is 6.21. The lowest BCUT2D eigenvalue weighted by molar-refractivity contribution is -0.180. The number of hydrogen-bond acceptors (Lipinski definition) is 9. The van der Waals surface area contributed by atoms with Crippen LogP contribution in [0.1, 0.15) is 68.7 Å². The number of benzene rings is 2. The highest BCUT2D eigenvalue weighted by Gasteiger charge is 2.34. The molecular formula is C36H47IN2O10SSi.